The van der Waals surface area contributed by atoms with Crippen LogP contribution in [0, 0.1) is 0 Å². The van der Waals surface area contributed by atoms with E-state index in [2.05, 4.69) is 20.5 Å². The first-order valence-electron chi connectivity index (χ1n) is 11.0. The van der Waals surface area contributed by atoms with Crippen LogP contribution in [0.2, 0.25) is 0 Å². The third-order valence-corrected chi connectivity index (χ3v) is 9.62. The van der Waals surface area contributed by atoms with Crippen LogP contribution >= 0.6 is 11.3 Å². The molecule has 12 nitrogen and oxygen atoms in total. The van der Waals surface area contributed by atoms with Gasteiger partial charge in [0.1, 0.15) is 5.69 Å². The van der Waals surface area contributed by atoms with Crippen molar-refractivity contribution >= 4 is 53.9 Å². The fourth-order valence-corrected chi connectivity index (χ4v) is 6.28. The molecule has 4 rings (SSSR count). The van der Waals surface area contributed by atoms with E-state index in [0.717, 1.165) is 21.9 Å². The maximum Gasteiger partial charge on any atom is 0.281 e. The maximum absolute atomic E-state index is 13.0. The summed E-state index contributed by atoms with van der Waals surface area (Å²) < 4.78 is 77.7. The van der Waals surface area contributed by atoms with Crippen LogP contribution in [-0.4, -0.2) is 81.7 Å². The summed E-state index contributed by atoms with van der Waals surface area (Å²) in [6.07, 6.45) is -1.66. The van der Waals surface area contributed by atoms with Gasteiger partial charge in [0.2, 0.25) is 10.0 Å². The Hall–Kier alpha value is -3.28. The molecular formula is C21H23F2N7O5S3. The van der Waals surface area contributed by atoms with Gasteiger partial charge < -0.3 is 10.2 Å². The average molecular weight is 588 g/mol. The summed E-state index contributed by atoms with van der Waals surface area (Å²) in [5.41, 5.74) is -0.0897. The predicted octanol–water partition coefficient (Wildman–Crippen LogP) is 2.03. The number of benzene rings is 1. The lowest BCUT2D eigenvalue weighted by molar-refractivity contribution is 0.102. The molecule has 0 unspecified atom stereocenters. The van der Waals surface area contributed by atoms with Gasteiger partial charge in [-0.1, -0.05) is 12.1 Å². The largest absolute Gasteiger partial charge is 0.345 e. The third kappa shape index (κ3) is 5.90. The van der Waals surface area contributed by atoms with Gasteiger partial charge in [0.25, 0.3) is 22.4 Å². The second-order valence-corrected chi connectivity index (χ2v) is 12.9. The molecule has 204 valence electrons. The minimum Gasteiger partial charge on any atom is -0.345 e. The highest BCUT2D eigenvalue weighted by Gasteiger charge is 2.31. The monoisotopic (exact) mass is 587 g/mol. The van der Waals surface area contributed by atoms with Crippen molar-refractivity contribution in [3.63, 3.8) is 0 Å². The molecule has 17 heteroatoms. The molecule has 2 aromatic heterocycles. The highest BCUT2D eigenvalue weighted by atomic mass is 32.2. The van der Waals surface area contributed by atoms with Crippen molar-refractivity contribution in [3.05, 3.63) is 53.0 Å². The standard InChI is InChI=1S/C21H23F2N7O5S3/c1-28(37(2,32)33)16-6-4-3-5-14(16)20(31)25-17-7-8-18(27-26-17)38(34,35)30-11-9-29(10-12-30)21-24-15(13-36-21)19(22)23/h3-8,13,19H,9-12H2,1-2H3,(H,25,26,31). The number of carbonyl (C=O) groups is 1. The molecule has 0 aliphatic carbocycles. The number of alkyl halides is 2. The summed E-state index contributed by atoms with van der Waals surface area (Å²) >= 11 is 1.08. The number of amides is 1. The van der Waals surface area contributed by atoms with Crippen molar-refractivity contribution in [1.29, 1.82) is 0 Å². The van der Waals surface area contributed by atoms with Crippen LogP contribution in [0.25, 0.3) is 0 Å². The number of para-hydroxylation sites is 1. The number of carbonyl (C=O) groups excluding carboxylic acids is 1. The van der Waals surface area contributed by atoms with Gasteiger partial charge in [0.15, 0.2) is 16.0 Å². The van der Waals surface area contributed by atoms with Gasteiger partial charge in [-0.3, -0.25) is 9.10 Å². The molecule has 1 saturated heterocycles. The molecule has 3 heterocycles. The lowest BCUT2D eigenvalue weighted by Crippen LogP contribution is -2.48. The van der Waals surface area contributed by atoms with Gasteiger partial charge in [-0.05, 0) is 24.3 Å². The third-order valence-electron chi connectivity index (χ3n) is 5.71. The van der Waals surface area contributed by atoms with Gasteiger partial charge in [-0.2, -0.15) is 4.31 Å². The lowest BCUT2D eigenvalue weighted by Gasteiger charge is -2.33. The molecule has 0 radical (unpaired) electrons. The molecule has 38 heavy (non-hydrogen) atoms. The number of aromatic nitrogens is 3. The van der Waals surface area contributed by atoms with Gasteiger partial charge in [-0.25, -0.2) is 30.6 Å². The summed E-state index contributed by atoms with van der Waals surface area (Å²) in [7, 11) is -6.30. The normalized spacial score (nSPS) is 15.0. The zero-order valence-corrected chi connectivity index (χ0v) is 22.6. The van der Waals surface area contributed by atoms with Crippen molar-refractivity contribution in [2.24, 2.45) is 0 Å². The second kappa shape index (κ2) is 10.8. The first-order valence-corrected chi connectivity index (χ1v) is 15.2. The molecule has 0 spiro atoms. The van der Waals surface area contributed by atoms with Crippen LogP contribution in [-0.2, 0) is 20.0 Å². The Bertz CT molecular complexity index is 1520. The van der Waals surface area contributed by atoms with Gasteiger partial charge >= 0.3 is 0 Å². The number of rotatable bonds is 8. The molecule has 1 amide bonds. The van der Waals surface area contributed by atoms with Crippen molar-refractivity contribution < 1.29 is 30.4 Å². The number of nitrogens with zero attached hydrogens (tertiary/aromatic N) is 6. The lowest BCUT2D eigenvalue weighted by atomic mass is 10.1. The van der Waals surface area contributed by atoms with E-state index in [-0.39, 0.29) is 54.0 Å². The molecule has 1 aromatic carbocycles. The first kappa shape index (κ1) is 27.7. The first-order chi connectivity index (χ1) is 17.9. The number of nitrogens with one attached hydrogen (secondary N) is 1. The van der Waals surface area contributed by atoms with Crippen LogP contribution in [0.4, 0.5) is 25.4 Å². The summed E-state index contributed by atoms with van der Waals surface area (Å²) in [5, 5.41) is 11.4. The summed E-state index contributed by atoms with van der Waals surface area (Å²) in [5.74, 6) is -0.691. The topological polar surface area (TPSA) is 146 Å². The Kier molecular flexibility index (Phi) is 7.91. The highest BCUT2D eigenvalue weighted by molar-refractivity contribution is 7.92. The van der Waals surface area contributed by atoms with E-state index in [0.29, 0.717) is 5.13 Å². The minimum absolute atomic E-state index is 0.0332. The Morgan fingerprint density at radius 3 is 2.32 bits per heavy atom. The van der Waals surface area contributed by atoms with Crippen LogP contribution in [0.3, 0.4) is 0 Å². The van der Waals surface area contributed by atoms with Crippen LogP contribution < -0.4 is 14.5 Å². The molecule has 1 fully saturated rings. The quantitative estimate of drug-likeness (QED) is 0.418. The van der Waals surface area contributed by atoms with Crippen molar-refractivity contribution in [3.8, 4) is 0 Å². The highest BCUT2D eigenvalue weighted by Crippen LogP contribution is 2.28. The zero-order valence-electron chi connectivity index (χ0n) is 20.2. The van der Waals surface area contributed by atoms with E-state index in [1.807, 2.05) is 0 Å². The fraction of sp³-hybridized carbons (Fsp3) is 0.333. The number of piperazine rings is 1. The van der Waals surface area contributed by atoms with Crippen molar-refractivity contribution in [1.82, 2.24) is 19.5 Å². The van der Waals surface area contributed by atoms with Gasteiger partial charge in [-0.15, -0.1) is 21.5 Å². The zero-order chi connectivity index (χ0) is 27.7. The SMILES string of the molecule is CN(c1ccccc1C(=O)Nc1ccc(S(=O)(=O)N2CCN(c3nc(C(F)F)cs3)CC2)nn1)S(C)(=O)=O. The predicted molar refractivity (Wildman–Crippen MR) is 138 cm³/mol. The van der Waals surface area contributed by atoms with Crippen LogP contribution in [0.5, 0.6) is 0 Å². The van der Waals surface area contributed by atoms with Crippen LogP contribution in [0.15, 0.2) is 46.8 Å². The number of hydrogen-bond acceptors (Lipinski definition) is 10. The molecule has 0 atom stereocenters. The van der Waals surface area contributed by atoms with E-state index in [4.69, 9.17) is 0 Å². The van der Waals surface area contributed by atoms with Crippen molar-refractivity contribution in [2.45, 2.75) is 11.5 Å². The number of hydrogen-bond donors (Lipinski definition) is 1. The number of anilines is 3. The Labute approximate surface area is 222 Å². The van der Waals surface area contributed by atoms with E-state index in [1.54, 1.807) is 17.0 Å². The smallest absolute Gasteiger partial charge is 0.281 e. The molecule has 0 saturated carbocycles. The molecule has 1 N–H and O–H groups in total. The second-order valence-electron chi connectivity index (χ2n) is 8.21. The Morgan fingerprint density at radius 2 is 1.74 bits per heavy atom. The minimum atomic E-state index is -4.00. The van der Waals surface area contributed by atoms with Gasteiger partial charge in [0.05, 0.1) is 17.5 Å². The maximum atomic E-state index is 13.0. The average Bonchev–Trinajstić information content (AvgIpc) is 3.39. The van der Waals surface area contributed by atoms with E-state index in [1.165, 1.54) is 41.0 Å². The molecule has 1 aliphatic rings. The fourth-order valence-electron chi connectivity index (χ4n) is 3.60. The number of halogens is 2. The molecular weight excluding hydrogens is 564 g/mol. The molecule has 1 aliphatic heterocycles. The van der Waals surface area contributed by atoms with Crippen molar-refractivity contribution in [2.75, 3.05) is 54.0 Å². The number of sulfonamides is 2. The number of thiazole rings is 1. The van der Waals surface area contributed by atoms with E-state index < -0.39 is 32.4 Å². The summed E-state index contributed by atoms with van der Waals surface area (Å²) in [6, 6.07) is 8.56. The Morgan fingerprint density at radius 1 is 1.05 bits per heavy atom. The summed E-state index contributed by atoms with van der Waals surface area (Å²) in [6.45, 7) is 0.712. The molecule has 3 aromatic rings. The van der Waals surface area contributed by atoms with Gasteiger partial charge in [0, 0.05) is 38.6 Å². The Balaban J connectivity index is 1.42. The van der Waals surface area contributed by atoms with Crippen LogP contribution in [0.1, 0.15) is 22.5 Å². The van der Waals surface area contributed by atoms with E-state index in [9.17, 15) is 30.4 Å². The summed E-state index contributed by atoms with van der Waals surface area (Å²) in [4.78, 5) is 18.4. The molecule has 0 bridgehead atoms. The van der Waals surface area contributed by atoms with E-state index >= 15 is 0 Å².